The fourth-order valence-corrected chi connectivity index (χ4v) is 4.35. The Morgan fingerprint density at radius 3 is 2.68 bits per heavy atom. The fourth-order valence-electron chi connectivity index (χ4n) is 1.26. The first-order chi connectivity index (χ1) is 8.85. The highest BCUT2D eigenvalue weighted by Gasteiger charge is 2.16. The molecule has 0 aliphatic heterocycles. The number of rotatable bonds is 7. The third kappa shape index (κ3) is 5.60. The second-order valence-corrected chi connectivity index (χ2v) is 8.54. The molecule has 0 bridgehead atoms. The lowest BCUT2D eigenvalue weighted by Crippen LogP contribution is -2.35. The first kappa shape index (κ1) is 16.6. The Balaban J connectivity index is 2.42. The lowest BCUT2D eigenvalue weighted by atomic mass is 10.2. The lowest BCUT2D eigenvalue weighted by Gasteiger charge is -2.11. The van der Waals surface area contributed by atoms with Crippen LogP contribution < -0.4 is 10.0 Å². The summed E-state index contributed by atoms with van der Waals surface area (Å²) in [7, 11) is -3.51. The van der Waals surface area contributed by atoms with Gasteiger partial charge in [-0.1, -0.05) is 6.92 Å². The fraction of sp³-hybridized carbons (Fsp3) is 0.545. The molecule has 0 spiro atoms. The number of hydrogen-bond donors (Lipinski definition) is 2. The number of halogens is 1. The molecular formula is C11H17BrN2O3S2. The van der Waals surface area contributed by atoms with E-state index in [9.17, 15) is 13.2 Å². The third-order valence-corrected chi connectivity index (χ3v) is 6.05. The Kier molecular flexibility index (Phi) is 6.45. The van der Waals surface area contributed by atoms with Crippen molar-refractivity contribution in [3.63, 3.8) is 0 Å². The molecule has 1 amide bonds. The maximum atomic E-state index is 11.9. The van der Waals surface area contributed by atoms with Crippen molar-refractivity contribution in [2.24, 2.45) is 0 Å². The monoisotopic (exact) mass is 368 g/mol. The highest BCUT2D eigenvalue weighted by molar-refractivity contribution is 9.11. The highest BCUT2D eigenvalue weighted by Crippen LogP contribution is 2.25. The summed E-state index contributed by atoms with van der Waals surface area (Å²) >= 11 is 4.35. The molecule has 0 saturated heterocycles. The number of carbonyl (C=O) groups excluding carboxylic acids is 1. The van der Waals surface area contributed by atoms with E-state index in [1.165, 1.54) is 6.07 Å². The molecule has 0 saturated carbocycles. The van der Waals surface area contributed by atoms with Gasteiger partial charge in [0.1, 0.15) is 4.21 Å². The molecule has 0 aliphatic carbocycles. The van der Waals surface area contributed by atoms with Crippen LogP contribution >= 0.6 is 27.3 Å². The van der Waals surface area contributed by atoms with Crippen molar-refractivity contribution in [3.8, 4) is 0 Å². The van der Waals surface area contributed by atoms with Crippen molar-refractivity contribution >= 4 is 43.2 Å². The molecule has 1 atom stereocenters. The molecule has 1 aromatic heterocycles. The van der Waals surface area contributed by atoms with Crippen LogP contribution in [0.15, 0.2) is 20.1 Å². The molecule has 8 heteroatoms. The first-order valence-electron chi connectivity index (χ1n) is 5.89. The maximum absolute atomic E-state index is 11.9. The number of amides is 1. The van der Waals surface area contributed by atoms with Gasteiger partial charge in [0.2, 0.25) is 15.9 Å². The lowest BCUT2D eigenvalue weighted by molar-refractivity contribution is -0.121. The minimum absolute atomic E-state index is 0.0973. The van der Waals surface area contributed by atoms with E-state index in [0.29, 0.717) is 0 Å². The van der Waals surface area contributed by atoms with E-state index in [1.54, 1.807) is 6.07 Å². The van der Waals surface area contributed by atoms with Crippen LogP contribution in [0, 0.1) is 0 Å². The number of hydrogen-bond acceptors (Lipinski definition) is 4. The molecule has 0 aliphatic rings. The Labute approximate surface area is 126 Å². The number of nitrogens with one attached hydrogen (secondary N) is 2. The van der Waals surface area contributed by atoms with Gasteiger partial charge in [-0.05, 0) is 41.4 Å². The molecular weight excluding hydrogens is 352 g/mol. The molecule has 108 valence electrons. The summed E-state index contributed by atoms with van der Waals surface area (Å²) in [6.07, 6.45) is 0.983. The van der Waals surface area contributed by atoms with Crippen molar-refractivity contribution in [3.05, 3.63) is 15.9 Å². The summed E-state index contributed by atoms with van der Waals surface area (Å²) in [6.45, 7) is 3.98. The van der Waals surface area contributed by atoms with Crippen LogP contribution in [0.3, 0.4) is 0 Å². The predicted molar refractivity (Wildman–Crippen MR) is 79.7 cm³/mol. The van der Waals surface area contributed by atoms with Gasteiger partial charge in [-0.3, -0.25) is 4.79 Å². The standard InChI is InChI=1S/C11H17BrN2O3S2/c1-3-8(2)14-10(15)6-7-13-19(16,17)11-5-4-9(12)18-11/h4-5,8,13H,3,6-7H2,1-2H3,(H,14,15). The van der Waals surface area contributed by atoms with E-state index in [-0.39, 0.29) is 29.1 Å². The minimum Gasteiger partial charge on any atom is -0.354 e. The van der Waals surface area contributed by atoms with Crippen LogP contribution in [-0.4, -0.2) is 26.9 Å². The van der Waals surface area contributed by atoms with Crippen LogP contribution in [0.25, 0.3) is 0 Å². The number of carbonyl (C=O) groups is 1. The van der Waals surface area contributed by atoms with Crippen molar-refractivity contribution in [1.82, 2.24) is 10.0 Å². The van der Waals surface area contributed by atoms with Crippen molar-refractivity contribution in [2.75, 3.05) is 6.54 Å². The average molecular weight is 369 g/mol. The zero-order valence-corrected chi connectivity index (χ0v) is 14.0. The van der Waals surface area contributed by atoms with Crippen LogP contribution in [0.5, 0.6) is 0 Å². The Hall–Kier alpha value is -0.440. The van der Waals surface area contributed by atoms with Crippen LogP contribution in [-0.2, 0) is 14.8 Å². The third-order valence-electron chi connectivity index (χ3n) is 2.48. The Bertz CT molecular complexity index is 528. The molecule has 0 radical (unpaired) electrons. The SMILES string of the molecule is CCC(C)NC(=O)CCNS(=O)(=O)c1ccc(Br)s1. The minimum atomic E-state index is -3.51. The van der Waals surface area contributed by atoms with E-state index < -0.39 is 10.0 Å². The molecule has 2 N–H and O–H groups in total. The van der Waals surface area contributed by atoms with Crippen LogP contribution in [0.2, 0.25) is 0 Å². The molecule has 1 aromatic rings. The molecule has 1 rings (SSSR count). The Morgan fingerprint density at radius 2 is 2.16 bits per heavy atom. The summed E-state index contributed by atoms with van der Waals surface area (Å²) in [5.74, 6) is -0.149. The molecule has 0 fully saturated rings. The quantitative estimate of drug-likeness (QED) is 0.773. The normalized spacial score (nSPS) is 13.2. The van der Waals surface area contributed by atoms with Gasteiger partial charge < -0.3 is 5.32 Å². The second kappa shape index (κ2) is 7.37. The number of thiophene rings is 1. The molecule has 0 aromatic carbocycles. The van der Waals surface area contributed by atoms with Gasteiger partial charge >= 0.3 is 0 Å². The highest BCUT2D eigenvalue weighted by atomic mass is 79.9. The Morgan fingerprint density at radius 1 is 1.47 bits per heavy atom. The summed E-state index contributed by atoms with van der Waals surface area (Å²) in [4.78, 5) is 11.5. The van der Waals surface area contributed by atoms with E-state index >= 15 is 0 Å². The van der Waals surface area contributed by atoms with Gasteiger partial charge in [-0.2, -0.15) is 0 Å². The summed E-state index contributed by atoms with van der Waals surface area (Å²) < 4.78 is 27.1. The van der Waals surface area contributed by atoms with E-state index in [2.05, 4.69) is 26.0 Å². The zero-order chi connectivity index (χ0) is 14.5. The van der Waals surface area contributed by atoms with E-state index in [0.717, 1.165) is 21.5 Å². The average Bonchev–Trinajstić information content (AvgIpc) is 2.76. The largest absolute Gasteiger partial charge is 0.354 e. The zero-order valence-electron chi connectivity index (χ0n) is 10.8. The first-order valence-corrected chi connectivity index (χ1v) is 8.98. The van der Waals surface area contributed by atoms with Gasteiger partial charge in [0, 0.05) is 19.0 Å². The van der Waals surface area contributed by atoms with Gasteiger partial charge in [-0.15, -0.1) is 11.3 Å². The van der Waals surface area contributed by atoms with E-state index in [4.69, 9.17) is 0 Å². The van der Waals surface area contributed by atoms with E-state index in [1.807, 2.05) is 13.8 Å². The molecule has 5 nitrogen and oxygen atoms in total. The summed E-state index contributed by atoms with van der Waals surface area (Å²) in [5, 5.41) is 2.78. The predicted octanol–water partition coefficient (Wildman–Crippen LogP) is 2.09. The molecule has 1 heterocycles. The van der Waals surface area contributed by atoms with Gasteiger partial charge in [0.15, 0.2) is 0 Å². The van der Waals surface area contributed by atoms with Crippen LogP contribution in [0.4, 0.5) is 0 Å². The summed E-state index contributed by atoms with van der Waals surface area (Å²) in [6, 6.07) is 3.31. The molecule has 19 heavy (non-hydrogen) atoms. The summed E-state index contributed by atoms with van der Waals surface area (Å²) in [5.41, 5.74) is 0. The van der Waals surface area contributed by atoms with Crippen molar-refractivity contribution in [1.29, 1.82) is 0 Å². The topological polar surface area (TPSA) is 75.3 Å². The van der Waals surface area contributed by atoms with Gasteiger partial charge in [0.25, 0.3) is 0 Å². The maximum Gasteiger partial charge on any atom is 0.250 e. The van der Waals surface area contributed by atoms with Crippen molar-refractivity contribution < 1.29 is 13.2 Å². The van der Waals surface area contributed by atoms with Crippen LogP contribution in [0.1, 0.15) is 26.7 Å². The smallest absolute Gasteiger partial charge is 0.250 e. The van der Waals surface area contributed by atoms with Crippen molar-refractivity contribution in [2.45, 2.75) is 36.9 Å². The van der Waals surface area contributed by atoms with Gasteiger partial charge in [0.05, 0.1) is 3.79 Å². The second-order valence-electron chi connectivity index (χ2n) is 4.08. The van der Waals surface area contributed by atoms with Gasteiger partial charge in [-0.25, -0.2) is 13.1 Å². The molecule has 1 unspecified atom stereocenters. The number of sulfonamides is 1.